The molecule has 4 heteroatoms. The molecule has 1 N–H and O–H groups in total. The highest BCUT2D eigenvalue weighted by atomic mass is 15.0. The van der Waals surface area contributed by atoms with Gasteiger partial charge in [0.25, 0.3) is 0 Å². The first-order chi connectivity index (χ1) is 7.43. The van der Waals surface area contributed by atoms with Crippen LogP contribution in [0.15, 0.2) is 24.8 Å². The van der Waals surface area contributed by atoms with Crippen molar-refractivity contribution in [3.8, 4) is 0 Å². The van der Waals surface area contributed by atoms with E-state index < -0.39 is 0 Å². The van der Waals surface area contributed by atoms with Crippen molar-refractivity contribution in [2.24, 2.45) is 0 Å². The zero-order valence-electron chi connectivity index (χ0n) is 8.56. The number of piperidine rings is 1. The minimum atomic E-state index is 0.617. The molecular weight excluding hydrogens is 188 g/mol. The Morgan fingerprint density at radius 2 is 2.20 bits per heavy atom. The van der Waals surface area contributed by atoms with Gasteiger partial charge in [0.05, 0.1) is 11.9 Å². The number of nitrogens with one attached hydrogen (secondary N) is 1. The number of imidazole rings is 1. The number of fused-ring (bicyclic) bond motifs is 1. The summed E-state index contributed by atoms with van der Waals surface area (Å²) in [5.41, 5.74) is 2.16. The molecule has 0 spiro atoms. The summed E-state index contributed by atoms with van der Waals surface area (Å²) in [6, 6.07) is 0. The van der Waals surface area contributed by atoms with Gasteiger partial charge >= 0.3 is 0 Å². The van der Waals surface area contributed by atoms with Gasteiger partial charge in [-0.1, -0.05) is 0 Å². The van der Waals surface area contributed by atoms with E-state index in [-0.39, 0.29) is 0 Å². The maximum atomic E-state index is 4.61. The molecule has 1 fully saturated rings. The van der Waals surface area contributed by atoms with Crippen LogP contribution in [0.1, 0.15) is 24.5 Å². The van der Waals surface area contributed by atoms with Crippen LogP contribution in [0.25, 0.3) is 5.65 Å². The molecule has 0 amide bonds. The minimum absolute atomic E-state index is 0.617. The zero-order valence-corrected chi connectivity index (χ0v) is 8.56. The van der Waals surface area contributed by atoms with Crippen LogP contribution in [0.4, 0.5) is 0 Å². The summed E-state index contributed by atoms with van der Waals surface area (Å²) >= 11 is 0. The van der Waals surface area contributed by atoms with Crippen molar-refractivity contribution in [3.05, 3.63) is 30.5 Å². The van der Waals surface area contributed by atoms with Crippen LogP contribution in [0.2, 0.25) is 0 Å². The number of hydrogen-bond acceptors (Lipinski definition) is 3. The van der Waals surface area contributed by atoms with Gasteiger partial charge < -0.3 is 9.72 Å². The molecule has 0 saturated carbocycles. The Hall–Kier alpha value is -1.42. The SMILES string of the molecule is c1cn2cc(C3CCNCC3)nc2cn1. The van der Waals surface area contributed by atoms with Gasteiger partial charge in [0.15, 0.2) is 5.65 Å². The minimum Gasteiger partial charge on any atom is -0.317 e. The summed E-state index contributed by atoms with van der Waals surface area (Å²) in [7, 11) is 0. The van der Waals surface area contributed by atoms with Gasteiger partial charge in [-0.25, -0.2) is 4.98 Å². The third-order valence-corrected chi connectivity index (χ3v) is 3.04. The van der Waals surface area contributed by atoms with Gasteiger partial charge in [-0.2, -0.15) is 0 Å². The third kappa shape index (κ3) is 1.61. The molecule has 78 valence electrons. The van der Waals surface area contributed by atoms with E-state index in [0.717, 1.165) is 18.7 Å². The first kappa shape index (κ1) is 8.85. The van der Waals surface area contributed by atoms with Gasteiger partial charge in [-0.05, 0) is 25.9 Å². The van der Waals surface area contributed by atoms with Crippen LogP contribution in [0, 0.1) is 0 Å². The number of hydrogen-bond donors (Lipinski definition) is 1. The van der Waals surface area contributed by atoms with E-state index in [9.17, 15) is 0 Å². The maximum absolute atomic E-state index is 4.61. The molecule has 3 heterocycles. The number of aromatic nitrogens is 3. The normalized spacial score (nSPS) is 18.4. The highest BCUT2D eigenvalue weighted by molar-refractivity contribution is 5.37. The predicted octanol–water partition coefficient (Wildman–Crippen LogP) is 1.20. The van der Waals surface area contributed by atoms with Crippen LogP contribution in [0.3, 0.4) is 0 Å². The van der Waals surface area contributed by atoms with E-state index in [1.54, 1.807) is 6.20 Å². The molecule has 2 aromatic rings. The average molecular weight is 202 g/mol. The van der Waals surface area contributed by atoms with Crippen LogP contribution in [-0.2, 0) is 0 Å². The molecule has 0 atom stereocenters. The van der Waals surface area contributed by atoms with Crippen LogP contribution in [0.5, 0.6) is 0 Å². The standard InChI is InChI=1S/C11H14N4/c1-3-12-4-2-9(1)10-8-15-6-5-13-7-11(15)14-10/h5-9,12H,1-4H2. The topological polar surface area (TPSA) is 42.2 Å². The van der Waals surface area contributed by atoms with Crippen molar-refractivity contribution in [3.63, 3.8) is 0 Å². The fraction of sp³-hybridized carbons (Fsp3) is 0.455. The van der Waals surface area contributed by atoms with E-state index in [0.29, 0.717) is 5.92 Å². The zero-order chi connectivity index (χ0) is 10.1. The van der Waals surface area contributed by atoms with Gasteiger partial charge in [-0.15, -0.1) is 0 Å². The lowest BCUT2D eigenvalue weighted by molar-refractivity contribution is 0.454. The lowest BCUT2D eigenvalue weighted by Gasteiger charge is -2.20. The summed E-state index contributed by atoms with van der Waals surface area (Å²) in [5.74, 6) is 0.617. The summed E-state index contributed by atoms with van der Waals surface area (Å²) < 4.78 is 2.05. The van der Waals surface area contributed by atoms with Crippen LogP contribution in [-0.4, -0.2) is 27.5 Å². The summed E-state index contributed by atoms with van der Waals surface area (Å²) in [5, 5.41) is 3.37. The summed E-state index contributed by atoms with van der Waals surface area (Å²) in [6.45, 7) is 2.22. The monoisotopic (exact) mass is 202 g/mol. The molecule has 0 bridgehead atoms. The van der Waals surface area contributed by atoms with Gasteiger partial charge in [-0.3, -0.25) is 4.98 Å². The Balaban J connectivity index is 1.96. The molecule has 0 radical (unpaired) electrons. The highest BCUT2D eigenvalue weighted by Gasteiger charge is 2.17. The molecule has 1 aliphatic heterocycles. The molecule has 0 unspecified atom stereocenters. The largest absolute Gasteiger partial charge is 0.317 e. The molecule has 15 heavy (non-hydrogen) atoms. The number of rotatable bonds is 1. The molecule has 4 nitrogen and oxygen atoms in total. The first-order valence-corrected chi connectivity index (χ1v) is 5.43. The Morgan fingerprint density at radius 1 is 1.33 bits per heavy atom. The Kier molecular flexibility index (Phi) is 2.14. The predicted molar refractivity (Wildman–Crippen MR) is 57.8 cm³/mol. The Bertz CT molecular complexity index is 423. The molecular formula is C11H14N4. The van der Waals surface area contributed by atoms with Crippen LogP contribution < -0.4 is 5.32 Å². The van der Waals surface area contributed by atoms with Crippen molar-refractivity contribution in [2.45, 2.75) is 18.8 Å². The second-order valence-electron chi connectivity index (χ2n) is 4.03. The van der Waals surface area contributed by atoms with Crippen molar-refractivity contribution in [2.75, 3.05) is 13.1 Å². The number of nitrogens with zero attached hydrogens (tertiary/aromatic N) is 3. The lowest BCUT2D eigenvalue weighted by atomic mass is 9.95. The van der Waals surface area contributed by atoms with Crippen molar-refractivity contribution >= 4 is 5.65 Å². The second-order valence-corrected chi connectivity index (χ2v) is 4.03. The fourth-order valence-corrected chi connectivity index (χ4v) is 2.18. The van der Waals surface area contributed by atoms with Crippen LogP contribution >= 0.6 is 0 Å². The fourth-order valence-electron chi connectivity index (χ4n) is 2.18. The smallest absolute Gasteiger partial charge is 0.155 e. The second kappa shape index (κ2) is 3.62. The molecule has 1 saturated heterocycles. The van der Waals surface area contributed by atoms with E-state index in [1.165, 1.54) is 18.5 Å². The van der Waals surface area contributed by atoms with Crippen molar-refractivity contribution in [1.82, 2.24) is 19.7 Å². The maximum Gasteiger partial charge on any atom is 0.155 e. The molecule has 2 aromatic heterocycles. The van der Waals surface area contributed by atoms with Gasteiger partial charge in [0.1, 0.15) is 0 Å². The molecule has 3 rings (SSSR count). The summed E-state index contributed by atoms with van der Waals surface area (Å²) in [6.07, 6.45) is 10.1. The highest BCUT2D eigenvalue weighted by Crippen LogP contribution is 2.24. The lowest BCUT2D eigenvalue weighted by Crippen LogP contribution is -2.26. The third-order valence-electron chi connectivity index (χ3n) is 3.04. The Morgan fingerprint density at radius 3 is 3.00 bits per heavy atom. The van der Waals surface area contributed by atoms with Gasteiger partial charge in [0, 0.05) is 24.5 Å². The summed E-state index contributed by atoms with van der Waals surface area (Å²) in [4.78, 5) is 8.68. The van der Waals surface area contributed by atoms with E-state index in [4.69, 9.17) is 0 Å². The van der Waals surface area contributed by atoms with Crippen molar-refractivity contribution < 1.29 is 0 Å². The average Bonchev–Trinajstić information content (AvgIpc) is 2.74. The van der Waals surface area contributed by atoms with Crippen molar-refractivity contribution in [1.29, 1.82) is 0 Å². The molecule has 0 aromatic carbocycles. The van der Waals surface area contributed by atoms with E-state index in [2.05, 4.69) is 21.5 Å². The molecule has 1 aliphatic rings. The van der Waals surface area contributed by atoms with E-state index in [1.807, 2.05) is 16.8 Å². The van der Waals surface area contributed by atoms with E-state index >= 15 is 0 Å². The molecule has 0 aliphatic carbocycles. The quantitative estimate of drug-likeness (QED) is 0.755. The Labute approximate surface area is 88.4 Å². The van der Waals surface area contributed by atoms with Gasteiger partial charge in [0.2, 0.25) is 0 Å². The first-order valence-electron chi connectivity index (χ1n) is 5.43.